The molecule has 0 bridgehead atoms. The summed E-state index contributed by atoms with van der Waals surface area (Å²) in [6.45, 7) is 10.1. The van der Waals surface area contributed by atoms with Gasteiger partial charge < -0.3 is 15.8 Å². The molecule has 1 saturated heterocycles. The van der Waals surface area contributed by atoms with E-state index in [-0.39, 0.29) is 23.5 Å². The minimum absolute atomic E-state index is 0.00822. The molecular formula is C18H29N3O2. The first-order valence-corrected chi connectivity index (χ1v) is 8.33. The molecule has 5 nitrogen and oxygen atoms in total. The van der Waals surface area contributed by atoms with E-state index < -0.39 is 0 Å². The molecule has 1 aromatic rings. The van der Waals surface area contributed by atoms with Crippen LogP contribution in [0, 0.1) is 5.92 Å². The molecular weight excluding hydrogens is 290 g/mol. The van der Waals surface area contributed by atoms with E-state index in [4.69, 9.17) is 10.5 Å². The average Bonchev–Trinajstić information content (AvgIpc) is 2.53. The molecule has 2 rings (SSSR count). The molecule has 0 spiro atoms. The largest absolute Gasteiger partial charge is 0.373 e. The Balaban J connectivity index is 1.76. The number of rotatable bonds is 6. The van der Waals surface area contributed by atoms with Crippen LogP contribution in [-0.4, -0.2) is 49.2 Å². The maximum absolute atomic E-state index is 12.3. The summed E-state index contributed by atoms with van der Waals surface area (Å²) in [7, 11) is 0. The molecule has 128 valence electrons. The quantitative estimate of drug-likeness (QED) is 0.835. The minimum Gasteiger partial charge on any atom is -0.373 e. The van der Waals surface area contributed by atoms with Gasteiger partial charge in [0.1, 0.15) is 0 Å². The highest BCUT2D eigenvalue weighted by atomic mass is 16.5. The number of nitrogens with zero attached hydrogens (tertiary/aromatic N) is 1. The molecule has 0 radical (unpaired) electrons. The maximum Gasteiger partial charge on any atom is 0.224 e. The first kappa shape index (κ1) is 17.9. The molecule has 2 atom stereocenters. The van der Waals surface area contributed by atoms with Crippen molar-refractivity contribution in [2.75, 3.05) is 32.8 Å². The van der Waals surface area contributed by atoms with E-state index in [0.29, 0.717) is 6.54 Å². The number of nitrogens with two attached hydrogens (primary N) is 1. The van der Waals surface area contributed by atoms with Crippen LogP contribution in [0.3, 0.4) is 0 Å². The fraction of sp³-hybridized carbons (Fsp3) is 0.611. The van der Waals surface area contributed by atoms with E-state index in [1.54, 1.807) is 0 Å². The van der Waals surface area contributed by atoms with Gasteiger partial charge in [0.05, 0.1) is 18.1 Å². The zero-order valence-corrected chi connectivity index (χ0v) is 14.4. The lowest BCUT2D eigenvalue weighted by Gasteiger charge is -2.38. The number of nitrogens with one attached hydrogen (secondary N) is 1. The molecule has 1 fully saturated rings. The zero-order valence-electron chi connectivity index (χ0n) is 14.4. The van der Waals surface area contributed by atoms with Gasteiger partial charge in [-0.25, -0.2) is 0 Å². The van der Waals surface area contributed by atoms with Crippen molar-refractivity contribution in [3.05, 3.63) is 35.9 Å². The van der Waals surface area contributed by atoms with E-state index in [9.17, 15) is 4.79 Å². The molecule has 1 aliphatic rings. The Kier molecular flexibility index (Phi) is 6.16. The minimum atomic E-state index is -0.279. The predicted octanol–water partition coefficient (Wildman–Crippen LogP) is 1.55. The van der Waals surface area contributed by atoms with Crippen molar-refractivity contribution in [2.24, 2.45) is 11.7 Å². The number of hydrogen-bond donors (Lipinski definition) is 2. The van der Waals surface area contributed by atoms with Gasteiger partial charge in [-0.2, -0.15) is 0 Å². The second-order valence-corrected chi connectivity index (χ2v) is 6.90. The van der Waals surface area contributed by atoms with Crippen LogP contribution >= 0.6 is 0 Å². The molecule has 5 heteroatoms. The highest BCUT2D eigenvalue weighted by Crippen LogP contribution is 2.19. The number of carbonyl (C=O) groups is 1. The Morgan fingerprint density at radius 1 is 1.39 bits per heavy atom. The second-order valence-electron chi connectivity index (χ2n) is 6.90. The number of ether oxygens (including phenoxy) is 1. The van der Waals surface area contributed by atoms with Crippen molar-refractivity contribution < 1.29 is 9.53 Å². The third kappa shape index (κ3) is 5.30. The average molecular weight is 319 g/mol. The van der Waals surface area contributed by atoms with Crippen LogP contribution in [0.4, 0.5) is 0 Å². The van der Waals surface area contributed by atoms with Crippen molar-refractivity contribution in [3.63, 3.8) is 0 Å². The van der Waals surface area contributed by atoms with E-state index in [1.165, 1.54) is 0 Å². The summed E-state index contributed by atoms with van der Waals surface area (Å²) in [5.41, 5.74) is 7.09. The van der Waals surface area contributed by atoms with Crippen LogP contribution in [0.25, 0.3) is 0 Å². The van der Waals surface area contributed by atoms with Gasteiger partial charge in [-0.1, -0.05) is 37.3 Å². The highest BCUT2D eigenvalue weighted by Gasteiger charge is 2.27. The monoisotopic (exact) mass is 319 g/mol. The number of benzene rings is 1. The molecule has 0 saturated carbocycles. The summed E-state index contributed by atoms with van der Waals surface area (Å²) in [5.74, 6) is -0.243. The standard InChI is InChI=1S/C18H29N3O2/c1-14(16(19)15-7-5-4-6-8-15)17(22)20-9-10-21-11-12-23-18(2,3)13-21/h4-8,14,16H,9-13,19H2,1-3H3,(H,20,22). The summed E-state index contributed by atoms with van der Waals surface area (Å²) in [6.07, 6.45) is 0. The molecule has 1 heterocycles. The summed E-state index contributed by atoms with van der Waals surface area (Å²) in [5, 5.41) is 3.01. The summed E-state index contributed by atoms with van der Waals surface area (Å²) < 4.78 is 5.70. The Morgan fingerprint density at radius 3 is 2.74 bits per heavy atom. The topological polar surface area (TPSA) is 67.6 Å². The van der Waals surface area contributed by atoms with Crippen LogP contribution in [0.5, 0.6) is 0 Å². The van der Waals surface area contributed by atoms with Crippen molar-refractivity contribution >= 4 is 5.91 Å². The van der Waals surface area contributed by atoms with E-state index in [0.717, 1.165) is 31.8 Å². The van der Waals surface area contributed by atoms with Gasteiger partial charge in [-0.3, -0.25) is 9.69 Å². The Bertz CT molecular complexity index is 504. The molecule has 1 aliphatic heterocycles. The van der Waals surface area contributed by atoms with Crippen molar-refractivity contribution in [1.29, 1.82) is 0 Å². The number of carbonyl (C=O) groups excluding carboxylic acids is 1. The van der Waals surface area contributed by atoms with E-state index in [2.05, 4.69) is 24.1 Å². The van der Waals surface area contributed by atoms with E-state index >= 15 is 0 Å². The smallest absolute Gasteiger partial charge is 0.224 e. The molecule has 1 aromatic carbocycles. The lowest BCUT2D eigenvalue weighted by Crippen LogP contribution is -2.50. The zero-order chi connectivity index (χ0) is 16.9. The van der Waals surface area contributed by atoms with Gasteiger partial charge in [0, 0.05) is 32.2 Å². The summed E-state index contributed by atoms with van der Waals surface area (Å²) in [6, 6.07) is 9.48. The van der Waals surface area contributed by atoms with Crippen LogP contribution in [0.15, 0.2) is 30.3 Å². The Hall–Kier alpha value is -1.43. The van der Waals surface area contributed by atoms with Gasteiger partial charge in [0.15, 0.2) is 0 Å². The van der Waals surface area contributed by atoms with Gasteiger partial charge in [0.25, 0.3) is 0 Å². The third-order valence-electron chi connectivity index (χ3n) is 4.37. The van der Waals surface area contributed by atoms with Crippen LogP contribution in [-0.2, 0) is 9.53 Å². The van der Waals surface area contributed by atoms with Gasteiger partial charge in [0.2, 0.25) is 5.91 Å². The Labute approximate surface area is 139 Å². The molecule has 3 N–H and O–H groups in total. The number of amides is 1. The molecule has 23 heavy (non-hydrogen) atoms. The number of morpholine rings is 1. The fourth-order valence-corrected chi connectivity index (χ4v) is 2.93. The van der Waals surface area contributed by atoms with E-state index in [1.807, 2.05) is 37.3 Å². The summed E-state index contributed by atoms with van der Waals surface area (Å²) in [4.78, 5) is 14.6. The van der Waals surface area contributed by atoms with Crippen molar-refractivity contribution in [2.45, 2.75) is 32.4 Å². The van der Waals surface area contributed by atoms with Crippen LogP contribution in [0.2, 0.25) is 0 Å². The highest BCUT2D eigenvalue weighted by molar-refractivity contribution is 5.79. The second kappa shape index (κ2) is 7.90. The van der Waals surface area contributed by atoms with Gasteiger partial charge in [-0.05, 0) is 19.4 Å². The molecule has 0 aromatic heterocycles. The lowest BCUT2D eigenvalue weighted by atomic mass is 9.95. The van der Waals surface area contributed by atoms with Crippen molar-refractivity contribution in [1.82, 2.24) is 10.2 Å². The fourth-order valence-electron chi connectivity index (χ4n) is 2.93. The normalized spacial score (nSPS) is 20.7. The third-order valence-corrected chi connectivity index (χ3v) is 4.37. The molecule has 2 unspecified atom stereocenters. The predicted molar refractivity (Wildman–Crippen MR) is 92.0 cm³/mol. The van der Waals surface area contributed by atoms with Crippen molar-refractivity contribution in [3.8, 4) is 0 Å². The lowest BCUT2D eigenvalue weighted by molar-refractivity contribution is -0.125. The first-order valence-electron chi connectivity index (χ1n) is 8.33. The molecule has 1 amide bonds. The van der Waals surface area contributed by atoms with Crippen LogP contribution < -0.4 is 11.1 Å². The number of hydrogen-bond acceptors (Lipinski definition) is 4. The maximum atomic E-state index is 12.3. The van der Waals surface area contributed by atoms with Crippen LogP contribution in [0.1, 0.15) is 32.4 Å². The molecule has 0 aliphatic carbocycles. The van der Waals surface area contributed by atoms with Gasteiger partial charge in [-0.15, -0.1) is 0 Å². The first-order chi connectivity index (χ1) is 10.9. The Morgan fingerprint density at radius 2 is 2.09 bits per heavy atom. The summed E-state index contributed by atoms with van der Waals surface area (Å²) >= 11 is 0. The van der Waals surface area contributed by atoms with Gasteiger partial charge >= 0.3 is 0 Å². The SMILES string of the molecule is CC(C(=O)NCCN1CCOC(C)(C)C1)C(N)c1ccccc1.